The van der Waals surface area contributed by atoms with Crippen molar-refractivity contribution in [2.75, 3.05) is 0 Å². The van der Waals surface area contributed by atoms with Crippen molar-refractivity contribution in [2.45, 2.75) is 24.6 Å². The molecule has 0 spiro atoms. The van der Waals surface area contributed by atoms with Crippen LogP contribution in [0.15, 0.2) is 0 Å². The average Bonchev–Trinajstić information content (AvgIpc) is 2.31. The first-order valence-electron chi connectivity index (χ1n) is 3.56. The minimum Gasteiger partial charge on any atom is -0.299 e. The smallest absolute Gasteiger partial charge is 0.299 e. The standard InChI is InChI=1S/C7H7ClF2O2/c8-7(9,10)6(12)4-2-1-3-5(4)11/h4H,1-3H2/t4-/m1/s1. The molecule has 0 aromatic rings. The number of rotatable bonds is 2. The van der Waals surface area contributed by atoms with Crippen LogP contribution in [0.3, 0.4) is 0 Å². The third kappa shape index (κ3) is 1.80. The van der Waals surface area contributed by atoms with Gasteiger partial charge in [-0.2, -0.15) is 8.78 Å². The average molecular weight is 197 g/mol. The van der Waals surface area contributed by atoms with Crippen LogP contribution in [0, 0.1) is 5.92 Å². The molecule has 0 radical (unpaired) electrons. The highest BCUT2D eigenvalue weighted by Gasteiger charge is 2.45. The van der Waals surface area contributed by atoms with Gasteiger partial charge in [-0.25, -0.2) is 0 Å². The fourth-order valence-electron chi connectivity index (χ4n) is 1.29. The molecular formula is C7H7ClF2O2. The fraction of sp³-hybridized carbons (Fsp3) is 0.714. The lowest BCUT2D eigenvalue weighted by molar-refractivity contribution is -0.141. The van der Waals surface area contributed by atoms with Gasteiger partial charge in [-0.05, 0) is 24.4 Å². The second-order valence-corrected chi connectivity index (χ2v) is 3.25. The second-order valence-electron chi connectivity index (χ2n) is 2.77. The number of carbonyl (C=O) groups is 2. The van der Waals surface area contributed by atoms with E-state index in [2.05, 4.69) is 11.6 Å². The maximum absolute atomic E-state index is 12.2. The summed E-state index contributed by atoms with van der Waals surface area (Å²) in [5.74, 6) is -3.04. The molecule has 2 nitrogen and oxygen atoms in total. The Kier molecular flexibility index (Phi) is 2.46. The zero-order valence-electron chi connectivity index (χ0n) is 6.15. The van der Waals surface area contributed by atoms with Crippen LogP contribution < -0.4 is 0 Å². The third-order valence-corrected chi connectivity index (χ3v) is 2.09. The van der Waals surface area contributed by atoms with E-state index < -0.39 is 22.9 Å². The van der Waals surface area contributed by atoms with Crippen LogP contribution in [0.25, 0.3) is 0 Å². The van der Waals surface area contributed by atoms with Crippen LogP contribution in [-0.4, -0.2) is 16.9 Å². The Morgan fingerprint density at radius 1 is 1.58 bits per heavy atom. The Morgan fingerprint density at radius 3 is 2.50 bits per heavy atom. The van der Waals surface area contributed by atoms with Crippen LogP contribution in [0.5, 0.6) is 0 Å². The van der Waals surface area contributed by atoms with Crippen molar-refractivity contribution in [1.82, 2.24) is 0 Å². The molecule has 0 aromatic carbocycles. The van der Waals surface area contributed by atoms with E-state index in [4.69, 9.17) is 0 Å². The number of halogens is 3. The van der Waals surface area contributed by atoms with Crippen molar-refractivity contribution in [2.24, 2.45) is 5.92 Å². The highest BCUT2D eigenvalue weighted by atomic mass is 35.5. The number of hydrogen-bond donors (Lipinski definition) is 0. The second kappa shape index (κ2) is 3.09. The van der Waals surface area contributed by atoms with E-state index in [0.717, 1.165) is 0 Å². The van der Waals surface area contributed by atoms with Gasteiger partial charge in [0.15, 0.2) is 0 Å². The molecule has 1 fully saturated rings. The molecule has 0 aromatic heterocycles. The van der Waals surface area contributed by atoms with Crippen molar-refractivity contribution >= 4 is 23.2 Å². The molecular weight excluding hydrogens is 190 g/mol. The van der Waals surface area contributed by atoms with E-state index in [-0.39, 0.29) is 12.8 Å². The summed E-state index contributed by atoms with van der Waals surface area (Å²) < 4.78 is 24.4. The molecule has 1 aliphatic rings. The summed E-state index contributed by atoms with van der Waals surface area (Å²) in [6, 6.07) is 0. The fourth-order valence-corrected chi connectivity index (χ4v) is 1.42. The Balaban J connectivity index is 2.71. The summed E-state index contributed by atoms with van der Waals surface area (Å²) in [5.41, 5.74) is 0. The van der Waals surface area contributed by atoms with Crippen LogP contribution in [0.1, 0.15) is 19.3 Å². The zero-order valence-corrected chi connectivity index (χ0v) is 6.90. The summed E-state index contributed by atoms with van der Waals surface area (Å²) in [6.45, 7) is 0. The molecule has 1 rings (SSSR count). The summed E-state index contributed by atoms with van der Waals surface area (Å²) >= 11 is 4.49. The Labute approximate surface area is 72.9 Å². The summed E-state index contributed by atoms with van der Waals surface area (Å²) in [6.07, 6.45) is 0.922. The summed E-state index contributed by atoms with van der Waals surface area (Å²) in [4.78, 5) is 21.6. The number of alkyl halides is 3. The molecule has 0 N–H and O–H groups in total. The maximum atomic E-state index is 12.2. The first-order chi connectivity index (χ1) is 5.43. The van der Waals surface area contributed by atoms with Gasteiger partial charge < -0.3 is 0 Å². The summed E-state index contributed by atoms with van der Waals surface area (Å²) in [5, 5.41) is -3.88. The number of Topliss-reactive ketones (excluding diaryl/α,β-unsaturated/α-hetero) is 2. The lowest BCUT2D eigenvalue weighted by Crippen LogP contribution is -2.31. The highest BCUT2D eigenvalue weighted by molar-refractivity contribution is 6.34. The molecule has 0 amide bonds. The molecule has 0 saturated heterocycles. The van der Waals surface area contributed by atoms with Gasteiger partial charge in [-0.15, -0.1) is 0 Å². The first kappa shape index (κ1) is 9.58. The lowest BCUT2D eigenvalue weighted by Gasteiger charge is -2.10. The Hall–Kier alpha value is -0.510. The zero-order chi connectivity index (χ0) is 9.35. The first-order valence-corrected chi connectivity index (χ1v) is 3.94. The molecule has 68 valence electrons. The van der Waals surface area contributed by atoms with Crippen LogP contribution in [-0.2, 0) is 9.59 Å². The van der Waals surface area contributed by atoms with Gasteiger partial charge in [0.05, 0.1) is 5.92 Å². The number of hydrogen-bond acceptors (Lipinski definition) is 2. The monoisotopic (exact) mass is 196 g/mol. The van der Waals surface area contributed by atoms with E-state index in [1.807, 2.05) is 0 Å². The number of ketones is 2. The van der Waals surface area contributed by atoms with E-state index >= 15 is 0 Å². The molecule has 0 aliphatic heterocycles. The topological polar surface area (TPSA) is 34.1 Å². The minimum absolute atomic E-state index is 0.208. The van der Waals surface area contributed by atoms with Gasteiger partial charge in [0.25, 0.3) is 0 Å². The SMILES string of the molecule is O=C1CCC[C@H]1C(=O)C(F)(F)Cl. The van der Waals surface area contributed by atoms with Crippen molar-refractivity contribution in [1.29, 1.82) is 0 Å². The predicted molar refractivity (Wildman–Crippen MR) is 38.2 cm³/mol. The van der Waals surface area contributed by atoms with Crippen LogP contribution >= 0.6 is 11.6 Å². The molecule has 0 bridgehead atoms. The van der Waals surface area contributed by atoms with E-state index in [0.29, 0.717) is 6.42 Å². The molecule has 1 atom stereocenters. The Bertz CT molecular complexity index is 222. The van der Waals surface area contributed by atoms with Crippen LogP contribution in [0.2, 0.25) is 0 Å². The molecule has 12 heavy (non-hydrogen) atoms. The van der Waals surface area contributed by atoms with Crippen molar-refractivity contribution in [3.05, 3.63) is 0 Å². The molecule has 0 unspecified atom stereocenters. The lowest BCUT2D eigenvalue weighted by atomic mass is 10.0. The van der Waals surface area contributed by atoms with Gasteiger partial charge in [0.2, 0.25) is 5.78 Å². The quantitative estimate of drug-likeness (QED) is 0.498. The van der Waals surface area contributed by atoms with Gasteiger partial charge in [-0.1, -0.05) is 0 Å². The van der Waals surface area contributed by atoms with Crippen molar-refractivity contribution < 1.29 is 18.4 Å². The van der Waals surface area contributed by atoms with Crippen molar-refractivity contribution in [3.63, 3.8) is 0 Å². The third-order valence-electron chi connectivity index (χ3n) is 1.90. The molecule has 5 heteroatoms. The molecule has 1 aliphatic carbocycles. The van der Waals surface area contributed by atoms with Gasteiger partial charge in [0.1, 0.15) is 5.78 Å². The number of carbonyl (C=O) groups excluding carboxylic acids is 2. The highest BCUT2D eigenvalue weighted by Crippen LogP contribution is 2.31. The molecule has 1 saturated carbocycles. The van der Waals surface area contributed by atoms with E-state index in [1.54, 1.807) is 0 Å². The van der Waals surface area contributed by atoms with E-state index in [9.17, 15) is 18.4 Å². The van der Waals surface area contributed by atoms with E-state index in [1.165, 1.54) is 0 Å². The normalized spacial score (nSPS) is 24.6. The largest absolute Gasteiger partial charge is 0.381 e. The van der Waals surface area contributed by atoms with Crippen molar-refractivity contribution in [3.8, 4) is 0 Å². The minimum atomic E-state index is -3.88. The van der Waals surface area contributed by atoms with Gasteiger partial charge in [-0.3, -0.25) is 9.59 Å². The van der Waals surface area contributed by atoms with Crippen LogP contribution in [0.4, 0.5) is 8.78 Å². The summed E-state index contributed by atoms with van der Waals surface area (Å²) in [7, 11) is 0. The van der Waals surface area contributed by atoms with Gasteiger partial charge >= 0.3 is 5.38 Å². The molecule has 0 heterocycles. The van der Waals surface area contributed by atoms with Gasteiger partial charge in [0, 0.05) is 6.42 Å². The maximum Gasteiger partial charge on any atom is 0.381 e. The Morgan fingerprint density at radius 2 is 2.17 bits per heavy atom. The predicted octanol–water partition coefficient (Wildman–Crippen LogP) is 1.76.